The molecule has 14 heteroatoms. The van der Waals surface area contributed by atoms with E-state index in [1.165, 1.54) is 6.07 Å². The molecule has 0 saturated carbocycles. The lowest BCUT2D eigenvalue weighted by Crippen LogP contribution is -2.43. The van der Waals surface area contributed by atoms with Crippen molar-refractivity contribution in [1.82, 2.24) is 19.6 Å². The first-order chi connectivity index (χ1) is 15.1. The van der Waals surface area contributed by atoms with Gasteiger partial charge in [-0.3, -0.25) is 15.2 Å². The number of ether oxygens (including phenoxy) is 1. The van der Waals surface area contributed by atoms with Crippen molar-refractivity contribution in [3.05, 3.63) is 53.4 Å². The van der Waals surface area contributed by atoms with Gasteiger partial charge in [-0.05, 0) is 18.2 Å². The number of rotatable bonds is 4. The van der Waals surface area contributed by atoms with Gasteiger partial charge in [0, 0.05) is 24.8 Å². The minimum absolute atomic E-state index is 0.0389. The standard InChI is InChI=1S/C18H19F3N6O4S/c1-27-18(22)23-4-5-31-9-15(32(27,29)30)11-6-10(2-3-12(11)19)26-17(28)14-8-24-13(7-25-14)16(20)21/h2-3,6-8,15-16H,4-5,9H2,1H3,(H2,22,23)(H,26,28)/t15-/m1/s1. The highest BCUT2D eigenvalue weighted by molar-refractivity contribution is 7.89. The molecule has 1 aliphatic heterocycles. The van der Waals surface area contributed by atoms with E-state index in [2.05, 4.69) is 20.6 Å². The van der Waals surface area contributed by atoms with Crippen LogP contribution in [0.3, 0.4) is 0 Å². The third-order valence-electron chi connectivity index (χ3n) is 4.59. The van der Waals surface area contributed by atoms with E-state index in [0.29, 0.717) is 4.31 Å². The number of aromatic nitrogens is 2. The van der Waals surface area contributed by atoms with Crippen LogP contribution in [0.15, 0.2) is 30.6 Å². The van der Waals surface area contributed by atoms with Gasteiger partial charge in [0.15, 0.2) is 0 Å². The van der Waals surface area contributed by atoms with Crippen LogP contribution in [0.2, 0.25) is 0 Å². The summed E-state index contributed by atoms with van der Waals surface area (Å²) in [7, 11) is -3.08. The number of guanidine groups is 1. The van der Waals surface area contributed by atoms with Crippen LogP contribution in [-0.2, 0) is 14.8 Å². The first-order valence-corrected chi connectivity index (χ1v) is 10.7. The molecule has 3 N–H and O–H groups in total. The molecule has 32 heavy (non-hydrogen) atoms. The number of halogens is 3. The molecule has 1 aromatic carbocycles. The Balaban J connectivity index is 1.90. The molecule has 1 saturated heterocycles. The third-order valence-corrected chi connectivity index (χ3v) is 6.65. The summed E-state index contributed by atoms with van der Waals surface area (Å²) in [5.41, 5.74) is -1.10. The van der Waals surface area contributed by atoms with Crippen molar-refractivity contribution in [3.8, 4) is 0 Å². The van der Waals surface area contributed by atoms with Gasteiger partial charge in [0.05, 0.1) is 25.6 Å². The average molecular weight is 472 g/mol. The molecule has 1 aliphatic rings. The lowest BCUT2D eigenvalue weighted by Gasteiger charge is -2.25. The molecule has 2 heterocycles. The van der Waals surface area contributed by atoms with E-state index in [-0.39, 0.29) is 36.7 Å². The molecule has 10 nitrogen and oxygen atoms in total. The van der Waals surface area contributed by atoms with Crippen molar-refractivity contribution < 1.29 is 31.1 Å². The Bertz CT molecular complexity index is 1110. The van der Waals surface area contributed by atoms with Gasteiger partial charge < -0.3 is 15.4 Å². The molecule has 1 atom stereocenters. The van der Waals surface area contributed by atoms with Gasteiger partial charge in [0.1, 0.15) is 22.5 Å². The van der Waals surface area contributed by atoms with Crippen LogP contribution in [0, 0.1) is 11.2 Å². The highest BCUT2D eigenvalue weighted by Crippen LogP contribution is 2.30. The normalized spacial score (nSPS) is 19.0. The quantitative estimate of drug-likeness (QED) is 0.615. The summed E-state index contributed by atoms with van der Waals surface area (Å²) in [6.07, 6.45) is -1.22. The lowest BCUT2D eigenvalue weighted by molar-refractivity contribution is 0.102. The molecule has 3 rings (SSSR count). The fourth-order valence-electron chi connectivity index (χ4n) is 2.83. The highest BCUT2D eigenvalue weighted by Gasteiger charge is 2.36. The van der Waals surface area contributed by atoms with E-state index >= 15 is 0 Å². The molecular weight excluding hydrogens is 453 g/mol. The number of carbonyl (C=O) groups is 1. The number of benzene rings is 1. The molecule has 0 aliphatic carbocycles. The molecule has 172 valence electrons. The van der Waals surface area contributed by atoms with Gasteiger partial charge in [-0.1, -0.05) is 0 Å². The number of hydrogen-bond acceptors (Lipinski definition) is 7. The minimum atomic E-state index is -4.25. The number of sulfonamides is 1. The van der Waals surface area contributed by atoms with Crippen molar-refractivity contribution in [1.29, 1.82) is 5.41 Å². The smallest absolute Gasteiger partial charge is 0.281 e. The lowest BCUT2D eigenvalue weighted by atomic mass is 10.1. The fourth-order valence-corrected chi connectivity index (χ4v) is 4.30. The molecule has 2 aromatic rings. The Hall–Kier alpha value is -3.26. The molecular formula is C18H19F3N6O4S. The maximum Gasteiger partial charge on any atom is 0.281 e. The highest BCUT2D eigenvalue weighted by atomic mass is 32.2. The van der Waals surface area contributed by atoms with Gasteiger partial charge in [-0.2, -0.15) is 0 Å². The van der Waals surface area contributed by atoms with E-state index in [1.807, 2.05) is 0 Å². The predicted molar refractivity (Wildman–Crippen MR) is 107 cm³/mol. The van der Waals surface area contributed by atoms with Crippen LogP contribution in [0.4, 0.5) is 18.9 Å². The van der Waals surface area contributed by atoms with Crippen molar-refractivity contribution in [2.75, 3.05) is 32.1 Å². The zero-order valence-corrected chi connectivity index (χ0v) is 17.5. The molecule has 0 unspecified atom stereocenters. The monoisotopic (exact) mass is 472 g/mol. The summed E-state index contributed by atoms with van der Waals surface area (Å²) in [4.78, 5) is 19.4. The van der Waals surface area contributed by atoms with Crippen LogP contribution < -0.4 is 10.6 Å². The Labute approximate surface area is 181 Å². The second-order valence-electron chi connectivity index (χ2n) is 6.67. The number of nitrogens with one attached hydrogen (secondary N) is 3. The van der Waals surface area contributed by atoms with Crippen molar-refractivity contribution >= 4 is 27.6 Å². The van der Waals surface area contributed by atoms with Gasteiger partial charge in [-0.25, -0.2) is 30.9 Å². The molecule has 0 bridgehead atoms. The second kappa shape index (κ2) is 9.48. The Morgan fingerprint density at radius 2 is 2.09 bits per heavy atom. The van der Waals surface area contributed by atoms with Gasteiger partial charge in [0.2, 0.25) is 16.0 Å². The fraction of sp³-hybridized carbons (Fsp3) is 0.333. The summed E-state index contributed by atoms with van der Waals surface area (Å²) in [5, 5.41) is 11.3. The Morgan fingerprint density at radius 1 is 1.34 bits per heavy atom. The zero-order chi connectivity index (χ0) is 23.5. The maximum atomic E-state index is 14.6. The van der Waals surface area contributed by atoms with E-state index in [0.717, 1.165) is 31.6 Å². The number of alkyl halides is 2. The van der Waals surface area contributed by atoms with Gasteiger partial charge >= 0.3 is 0 Å². The Kier molecular flexibility index (Phi) is 6.93. The van der Waals surface area contributed by atoms with Crippen molar-refractivity contribution in [2.45, 2.75) is 11.7 Å². The molecule has 1 fully saturated rings. The Morgan fingerprint density at radius 3 is 2.75 bits per heavy atom. The van der Waals surface area contributed by atoms with Crippen LogP contribution >= 0.6 is 0 Å². The first kappa shape index (κ1) is 23.4. The number of amides is 1. The summed E-state index contributed by atoms with van der Waals surface area (Å²) in [6, 6.07) is 3.30. The molecule has 1 aromatic heterocycles. The molecule has 0 spiro atoms. The zero-order valence-electron chi connectivity index (χ0n) is 16.7. The van der Waals surface area contributed by atoms with Gasteiger partial charge in [-0.15, -0.1) is 0 Å². The van der Waals surface area contributed by atoms with Crippen molar-refractivity contribution in [3.63, 3.8) is 0 Å². The van der Waals surface area contributed by atoms with Crippen molar-refractivity contribution in [2.24, 2.45) is 0 Å². The summed E-state index contributed by atoms with van der Waals surface area (Å²) in [5.74, 6) is -2.06. The number of nitrogens with zero attached hydrogens (tertiary/aromatic N) is 3. The summed E-state index contributed by atoms with van der Waals surface area (Å²) in [6.45, 7) is -0.0978. The topological polar surface area (TPSA) is 137 Å². The van der Waals surface area contributed by atoms with Crippen LogP contribution in [-0.4, -0.2) is 61.4 Å². The van der Waals surface area contributed by atoms with Gasteiger partial charge in [0.25, 0.3) is 12.3 Å². The maximum absolute atomic E-state index is 14.6. The second-order valence-corrected chi connectivity index (χ2v) is 8.82. The van der Waals surface area contributed by atoms with Crippen LogP contribution in [0.5, 0.6) is 0 Å². The van der Waals surface area contributed by atoms with Crippen LogP contribution in [0.1, 0.15) is 33.4 Å². The predicted octanol–water partition coefficient (Wildman–Crippen LogP) is 1.66. The summed E-state index contributed by atoms with van der Waals surface area (Å²) >= 11 is 0. The first-order valence-electron chi connectivity index (χ1n) is 9.20. The average Bonchev–Trinajstić information content (AvgIpc) is 2.80. The molecule has 1 amide bonds. The van der Waals surface area contributed by atoms with Crippen LogP contribution in [0.25, 0.3) is 0 Å². The minimum Gasteiger partial charge on any atom is -0.378 e. The SMILES string of the molecule is CN1C(=N)NCCOC[C@H](c2cc(NC(=O)c3cnc(C(F)F)cn3)ccc2F)S1(=O)=O. The van der Waals surface area contributed by atoms with E-state index in [1.54, 1.807) is 0 Å². The van der Waals surface area contributed by atoms with E-state index in [9.17, 15) is 26.4 Å². The largest absolute Gasteiger partial charge is 0.378 e. The molecule has 0 radical (unpaired) electrons. The third kappa shape index (κ3) is 4.96. The summed E-state index contributed by atoms with van der Waals surface area (Å²) < 4.78 is 71.8. The number of hydrogen-bond donors (Lipinski definition) is 3. The number of carbonyl (C=O) groups excluding carboxylic acids is 1. The van der Waals surface area contributed by atoms with E-state index < -0.39 is 45.1 Å². The number of anilines is 1. The van der Waals surface area contributed by atoms with E-state index in [4.69, 9.17) is 10.1 Å².